The molecule has 1 aromatic heterocycles. The van der Waals surface area contributed by atoms with E-state index >= 15 is 0 Å². The third kappa shape index (κ3) is 4.23. The number of nitrogens with one attached hydrogen (secondary N) is 1. The molecule has 0 spiro atoms. The van der Waals surface area contributed by atoms with E-state index in [2.05, 4.69) is 15.5 Å². The number of nitrogens with zero attached hydrogens (tertiary/aromatic N) is 2. The summed E-state index contributed by atoms with van der Waals surface area (Å²) in [6.07, 6.45) is 0. The maximum absolute atomic E-state index is 11.8. The second kappa shape index (κ2) is 5.83. The Morgan fingerprint density at radius 2 is 1.95 bits per heavy atom. The standard InChI is InChI=1S/C10H9ClN4O3S2/c11-10-15-14-9(19-10)8(16)13-7-3-1-6(2-4-7)5-20(12,17)18/h1-4H,5H2,(H,13,16)(H2,12,17,18). The van der Waals surface area contributed by atoms with Gasteiger partial charge in [-0.3, -0.25) is 4.79 Å². The van der Waals surface area contributed by atoms with Crippen molar-refractivity contribution in [1.29, 1.82) is 0 Å². The van der Waals surface area contributed by atoms with E-state index in [0.29, 0.717) is 11.3 Å². The summed E-state index contributed by atoms with van der Waals surface area (Å²) in [6, 6.07) is 6.27. The molecule has 1 aromatic carbocycles. The molecule has 0 aliphatic carbocycles. The Morgan fingerprint density at radius 1 is 1.30 bits per heavy atom. The van der Waals surface area contributed by atoms with Crippen LogP contribution in [0.3, 0.4) is 0 Å². The van der Waals surface area contributed by atoms with Gasteiger partial charge >= 0.3 is 0 Å². The molecule has 10 heteroatoms. The van der Waals surface area contributed by atoms with Gasteiger partial charge in [0.1, 0.15) is 0 Å². The Balaban J connectivity index is 2.06. The molecule has 2 aromatic rings. The van der Waals surface area contributed by atoms with Crippen molar-refractivity contribution in [2.45, 2.75) is 5.75 Å². The van der Waals surface area contributed by atoms with E-state index in [0.717, 1.165) is 11.3 Å². The topological polar surface area (TPSA) is 115 Å². The normalized spacial score (nSPS) is 11.3. The van der Waals surface area contributed by atoms with Crippen LogP contribution in [0.2, 0.25) is 4.47 Å². The number of anilines is 1. The third-order valence-corrected chi connectivity index (χ3v) is 3.93. The number of hydrogen-bond donors (Lipinski definition) is 2. The molecular weight excluding hydrogens is 324 g/mol. The highest BCUT2D eigenvalue weighted by atomic mass is 35.5. The van der Waals surface area contributed by atoms with Crippen molar-refractivity contribution < 1.29 is 13.2 Å². The fourth-order valence-electron chi connectivity index (χ4n) is 1.40. The summed E-state index contributed by atoms with van der Waals surface area (Å²) in [5.41, 5.74) is 1.03. The minimum absolute atomic E-state index is 0.142. The minimum Gasteiger partial charge on any atom is -0.320 e. The van der Waals surface area contributed by atoms with E-state index in [-0.39, 0.29) is 15.2 Å². The molecular formula is C10H9ClN4O3S2. The van der Waals surface area contributed by atoms with Gasteiger partial charge in [0.25, 0.3) is 5.91 Å². The molecule has 0 bridgehead atoms. The molecule has 0 unspecified atom stereocenters. The first kappa shape index (κ1) is 14.9. The highest BCUT2D eigenvalue weighted by Gasteiger charge is 2.12. The van der Waals surface area contributed by atoms with Gasteiger partial charge in [0.05, 0.1) is 5.75 Å². The Kier molecular flexibility index (Phi) is 4.33. The van der Waals surface area contributed by atoms with Crippen molar-refractivity contribution in [3.05, 3.63) is 39.3 Å². The number of primary sulfonamides is 1. The lowest BCUT2D eigenvalue weighted by atomic mass is 10.2. The number of halogens is 1. The molecule has 0 saturated carbocycles. The third-order valence-electron chi connectivity index (χ3n) is 2.17. The SMILES string of the molecule is NS(=O)(=O)Cc1ccc(NC(=O)c2nnc(Cl)s2)cc1. The largest absolute Gasteiger partial charge is 0.320 e. The van der Waals surface area contributed by atoms with Gasteiger partial charge in [0.15, 0.2) is 0 Å². The molecule has 0 saturated heterocycles. The fourth-order valence-corrected chi connectivity index (χ4v) is 2.78. The predicted molar refractivity (Wildman–Crippen MR) is 76.1 cm³/mol. The first-order valence-electron chi connectivity index (χ1n) is 5.23. The molecule has 0 aliphatic rings. The van der Waals surface area contributed by atoms with Crippen molar-refractivity contribution in [1.82, 2.24) is 10.2 Å². The molecule has 0 atom stereocenters. The summed E-state index contributed by atoms with van der Waals surface area (Å²) < 4.78 is 22.0. The van der Waals surface area contributed by atoms with Crippen molar-refractivity contribution in [2.75, 3.05) is 5.32 Å². The van der Waals surface area contributed by atoms with E-state index in [4.69, 9.17) is 16.7 Å². The van der Waals surface area contributed by atoms with Crippen LogP contribution in [0.25, 0.3) is 0 Å². The van der Waals surface area contributed by atoms with Crippen LogP contribution in [0.5, 0.6) is 0 Å². The van der Waals surface area contributed by atoms with Gasteiger partial charge in [-0.1, -0.05) is 23.5 Å². The molecule has 1 heterocycles. The Morgan fingerprint density at radius 3 is 2.45 bits per heavy atom. The maximum atomic E-state index is 11.8. The lowest BCUT2D eigenvalue weighted by molar-refractivity contribution is 0.102. The monoisotopic (exact) mass is 332 g/mol. The first-order chi connectivity index (χ1) is 9.33. The van der Waals surface area contributed by atoms with Crippen molar-refractivity contribution in [2.24, 2.45) is 5.14 Å². The number of carbonyl (C=O) groups excluding carboxylic acids is 1. The number of nitrogens with two attached hydrogens (primary N) is 1. The van der Waals surface area contributed by atoms with Crippen LogP contribution < -0.4 is 10.5 Å². The van der Waals surface area contributed by atoms with Crippen molar-refractivity contribution in [3.63, 3.8) is 0 Å². The lowest BCUT2D eigenvalue weighted by Gasteiger charge is -2.04. The second-order valence-electron chi connectivity index (χ2n) is 3.82. The Hall–Kier alpha value is -1.55. The quantitative estimate of drug-likeness (QED) is 0.873. The van der Waals surface area contributed by atoms with Crippen LogP contribution in [0.4, 0.5) is 5.69 Å². The number of carbonyl (C=O) groups is 1. The lowest BCUT2D eigenvalue weighted by Crippen LogP contribution is -2.14. The molecule has 0 radical (unpaired) electrons. The molecule has 2 rings (SSSR count). The van der Waals surface area contributed by atoms with E-state index < -0.39 is 15.9 Å². The average Bonchev–Trinajstić information content (AvgIpc) is 2.77. The van der Waals surface area contributed by atoms with Gasteiger partial charge in [-0.2, -0.15) is 0 Å². The van der Waals surface area contributed by atoms with Crippen molar-refractivity contribution in [3.8, 4) is 0 Å². The van der Waals surface area contributed by atoms with E-state index in [1.165, 1.54) is 0 Å². The van der Waals surface area contributed by atoms with Gasteiger partial charge in [-0.05, 0) is 29.3 Å². The highest BCUT2D eigenvalue weighted by molar-refractivity contribution is 7.88. The van der Waals surface area contributed by atoms with Gasteiger partial charge in [0.2, 0.25) is 19.5 Å². The van der Waals surface area contributed by atoms with Gasteiger partial charge in [-0.15, -0.1) is 10.2 Å². The zero-order valence-corrected chi connectivity index (χ0v) is 12.3. The number of amides is 1. The number of benzene rings is 1. The number of rotatable bonds is 4. The zero-order chi connectivity index (χ0) is 14.8. The summed E-state index contributed by atoms with van der Waals surface area (Å²) in [7, 11) is -3.57. The smallest absolute Gasteiger partial charge is 0.286 e. The van der Waals surface area contributed by atoms with E-state index in [1.54, 1.807) is 24.3 Å². The first-order valence-corrected chi connectivity index (χ1v) is 8.14. The second-order valence-corrected chi connectivity index (χ2v) is 6.99. The molecule has 1 amide bonds. The molecule has 0 aliphatic heterocycles. The molecule has 0 fully saturated rings. The molecule has 106 valence electrons. The summed E-state index contributed by atoms with van der Waals surface area (Å²) in [5, 5.41) is 14.8. The maximum Gasteiger partial charge on any atom is 0.286 e. The van der Waals surface area contributed by atoms with Crippen LogP contribution >= 0.6 is 22.9 Å². The van der Waals surface area contributed by atoms with E-state index in [1.807, 2.05) is 0 Å². The van der Waals surface area contributed by atoms with Crippen LogP contribution in [-0.2, 0) is 15.8 Å². The summed E-state index contributed by atoms with van der Waals surface area (Å²) >= 11 is 6.55. The van der Waals surface area contributed by atoms with E-state index in [9.17, 15) is 13.2 Å². The van der Waals surface area contributed by atoms with Crippen LogP contribution in [0, 0.1) is 0 Å². The van der Waals surface area contributed by atoms with Crippen LogP contribution in [0.1, 0.15) is 15.4 Å². The summed E-state index contributed by atoms with van der Waals surface area (Å²) in [4.78, 5) is 11.8. The zero-order valence-electron chi connectivity index (χ0n) is 9.91. The number of aromatic nitrogens is 2. The van der Waals surface area contributed by atoms with Crippen molar-refractivity contribution >= 4 is 44.6 Å². The fraction of sp³-hybridized carbons (Fsp3) is 0.100. The van der Waals surface area contributed by atoms with Gasteiger partial charge < -0.3 is 5.32 Å². The van der Waals surface area contributed by atoms with Crippen LogP contribution in [-0.4, -0.2) is 24.5 Å². The number of sulfonamides is 1. The highest BCUT2D eigenvalue weighted by Crippen LogP contribution is 2.17. The van der Waals surface area contributed by atoms with Crippen LogP contribution in [0.15, 0.2) is 24.3 Å². The molecule has 20 heavy (non-hydrogen) atoms. The summed E-state index contributed by atoms with van der Waals surface area (Å²) in [5.74, 6) is -0.693. The average molecular weight is 333 g/mol. The Bertz CT molecular complexity index is 727. The van der Waals surface area contributed by atoms with Gasteiger partial charge in [-0.25, -0.2) is 13.6 Å². The predicted octanol–water partition coefficient (Wildman–Crippen LogP) is 1.23. The minimum atomic E-state index is -3.57. The van der Waals surface area contributed by atoms with Gasteiger partial charge in [0, 0.05) is 5.69 Å². The molecule has 7 nitrogen and oxygen atoms in total. The summed E-state index contributed by atoms with van der Waals surface area (Å²) in [6.45, 7) is 0. The molecule has 3 N–H and O–H groups in total. The number of hydrogen-bond acceptors (Lipinski definition) is 6. The Labute approximate surface area is 123 Å².